The molecule has 0 saturated carbocycles. The third-order valence-corrected chi connectivity index (χ3v) is 3.22. The third kappa shape index (κ3) is 1.95. The number of aromatic nitrogens is 4. The van der Waals surface area contributed by atoms with Crippen molar-refractivity contribution in [2.24, 2.45) is 0 Å². The van der Waals surface area contributed by atoms with Gasteiger partial charge in [-0.05, 0) is 13.1 Å². The van der Waals surface area contributed by atoms with E-state index in [9.17, 15) is 0 Å². The van der Waals surface area contributed by atoms with Crippen LogP contribution >= 0.6 is 0 Å². The van der Waals surface area contributed by atoms with Gasteiger partial charge in [0.25, 0.3) is 0 Å². The zero-order valence-electron chi connectivity index (χ0n) is 10.4. The maximum Gasteiger partial charge on any atom is 0.152 e. The molecule has 18 heavy (non-hydrogen) atoms. The number of hydrogen-bond acceptors (Lipinski definition) is 5. The molecule has 2 aromatic rings. The summed E-state index contributed by atoms with van der Waals surface area (Å²) in [4.78, 5) is 6.52. The van der Waals surface area contributed by atoms with Gasteiger partial charge in [-0.15, -0.1) is 10.2 Å². The van der Waals surface area contributed by atoms with Gasteiger partial charge in [0.05, 0.1) is 6.54 Å². The van der Waals surface area contributed by atoms with Crippen LogP contribution in [0, 0.1) is 0 Å². The standard InChI is InChI=1S/C12H16N6/c1-13-6-10-7-14-3-2-11(10)17-4-5-18-9-15-16-12(18)8-17/h2-3,7,9,13H,4-6,8H2,1H3. The minimum absolute atomic E-state index is 0.806. The topological polar surface area (TPSA) is 58.9 Å². The van der Waals surface area contributed by atoms with Gasteiger partial charge < -0.3 is 14.8 Å². The molecule has 6 heteroatoms. The normalized spacial score (nSPS) is 14.6. The Labute approximate surface area is 106 Å². The second-order valence-electron chi connectivity index (χ2n) is 4.40. The molecular weight excluding hydrogens is 228 g/mol. The maximum absolute atomic E-state index is 4.19. The number of hydrogen-bond donors (Lipinski definition) is 1. The van der Waals surface area contributed by atoms with Gasteiger partial charge in [0, 0.05) is 43.3 Å². The highest BCUT2D eigenvalue weighted by atomic mass is 15.3. The largest absolute Gasteiger partial charge is 0.362 e. The first kappa shape index (κ1) is 11.2. The molecule has 0 fully saturated rings. The van der Waals surface area contributed by atoms with E-state index in [0.29, 0.717) is 0 Å². The predicted molar refractivity (Wildman–Crippen MR) is 68.1 cm³/mol. The van der Waals surface area contributed by atoms with Crippen LogP contribution in [-0.4, -0.2) is 33.3 Å². The molecule has 0 unspecified atom stereocenters. The van der Waals surface area contributed by atoms with Crippen LogP contribution in [0.2, 0.25) is 0 Å². The molecule has 1 N–H and O–H groups in total. The van der Waals surface area contributed by atoms with Crippen molar-refractivity contribution in [3.05, 3.63) is 36.2 Å². The molecule has 0 atom stereocenters. The number of nitrogens with zero attached hydrogens (tertiary/aromatic N) is 5. The van der Waals surface area contributed by atoms with Gasteiger partial charge in [-0.3, -0.25) is 4.98 Å². The van der Waals surface area contributed by atoms with Gasteiger partial charge >= 0.3 is 0 Å². The molecule has 0 spiro atoms. The van der Waals surface area contributed by atoms with E-state index >= 15 is 0 Å². The van der Waals surface area contributed by atoms with Crippen LogP contribution in [0.25, 0.3) is 0 Å². The average molecular weight is 244 g/mol. The molecule has 1 aliphatic heterocycles. The summed E-state index contributed by atoms with van der Waals surface area (Å²) < 4.78 is 2.11. The van der Waals surface area contributed by atoms with Crippen LogP contribution in [0.3, 0.4) is 0 Å². The molecule has 0 aliphatic carbocycles. The van der Waals surface area contributed by atoms with Crippen LogP contribution in [0.4, 0.5) is 5.69 Å². The molecule has 0 aromatic carbocycles. The Morgan fingerprint density at radius 2 is 2.33 bits per heavy atom. The predicted octanol–water partition coefficient (Wildman–Crippen LogP) is 0.413. The highest BCUT2D eigenvalue weighted by Gasteiger charge is 2.19. The van der Waals surface area contributed by atoms with E-state index in [4.69, 9.17) is 0 Å². The smallest absolute Gasteiger partial charge is 0.152 e. The Hall–Kier alpha value is -1.95. The lowest BCUT2D eigenvalue weighted by Gasteiger charge is -2.30. The fourth-order valence-corrected chi connectivity index (χ4v) is 2.33. The summed E-state index contributed by atoms with van der Waals surface area (Å²) in [5, 5.41) is 11.3. The van der Waals surface area contributed by atoms with E-state index in [-0.39, 0.29) is 0 Å². The average Bonchev–Trinajstić information content (AvgIpc) is 2.87. The van der Waals surface area contributed by atoms with Crippen molar-refractivity contribution in [2.45, 2.75) is 19.6 Å². The lowest BCUT2D eigenvalue weighted by Crippen LogP contribution is -2.34. The SMILES string of the molecule is CNCc1cnccc1N1CCn2cnnc2C1. The molecule has 0 amide bonds. The molecule has 0 saturated heterocycles. The highest BCUT2D eigenvalue weighted by Crippen LogP contribution is 2.23. The summed E-state index contributed by atoms with van der Waals surface area (Å²) in [6.45, 7) is 3.54. The van der Waals surface area contributed by atoms with E-state index in [0.717, 1.165) is 32.0 Å². The molecule has 0 bridgehead atoms. The quantitative estimate of drug-likeness (QED) is 0.847. The Morgan fingerprint density at radius 3 is 3.22 bits per heavy atom. The summed E-state index contributed by atoms with van der Waals surface area (Å²) >= 11 is 0. The van der Waals surface area contributed by atoms with Crippen molar-refractivity contribution in [1.29, 1.82) is 0 Å². The number of rotatable bonds is 3. The van der Waals surface area contributed by atoms with Crippen molar-refractivity contribution in [1.82, 2.24) is 25.1 Å². The summed E-state index contributed by atoms with van der Waals surface area (Å²) in [6.07, 6.45) is 5.56. The van der Waals surface area contributed by atoms with Gasteiger partial charge in [0.15, 0.2) is 5.82 Å². The van der Waals surface area contributed by atoms with Crippen LogP contribution in [-0.2, 0) is 19.6 Å². The minimum atomic E-state index is 0.806. The van der Waals surface area contributed by atoms with Crippen molar-refractivity contribution in [3.63, 3.8) is 0 Å². The van der Waals surface area contributed by atoms with Crippen LogP contribution in [0.1, 0.15) is 11.4 Å². The zero-order valence-corrected chi connectivity index (χ0v) is 10.4. The van der Waals surface area contributed by atoms with E-state index in [1.165, 1.54) is 11.3 Å². The number of nitrogens with one attached hydrogen (secondary N) is 1. The van der Waals surface area contributed by atoms with Crippen LogP contribution < -0.4 is 10.2 Å². The molecule has 3 rings (SSSR count). The van der Waals surface area contributed by atoms with Crippen molar-refractivity contribution >= 4 is 5.69 Å². The Bertz CT molecular complexity index is 535. The van der Waals surface area contributed by atoms with Crippen LogP contribution in [0.15, 0.2) is 24.8 Å². The molecule has 2 aromatic heterocycles. The van der Waals surface area contributed by atoms with Gasteiger partial charge in [0.1, 0.15) is 6.33 Å². The molecular formula is C12H16N6. The molecule has 6 nitrogen and oxygen atoms in total. The van der Waals surface area contributed by atoms with Gasteiger partial charge in [-0.1, -0.05) is 0 Å². The first-order valence-electron chi connectivity index (χ1n) is 6.07. The number of anilines is 1. The molecule has 3 heterocycles. The van der Waals surface area contributed by atoms with E-state index in [1.807, 2.05) is 19.4 Å². The summed E-state index contributed by atoms with van der Waals surface area (Å²) in [7, 11) is 1.95. The molecule has 1 aliphatic rings. The second-order valence-corrected chi connectivity index (χ2v) is 4.40. The summed E-state index contributed by atoms with van der Waals surface area (Å²) in [6, 6.07) is 2.07. The van der Waals surface area contributed by atoms with E-state index < -0.39 is 0 Å². The second kappa shape index (κ2) is 4.73. The van der Waals surface area contributed by atoms with Gasteiger partial charge in [-0.2, -0.15) is 0 Å². The Morgan fingerprint density at radius 1 is 1.39 bits per heavy atom. The van der Waals surface area contributed by atoms with E-state index in [1.54, 1.807) is 6.33 Å². The summed E-state index contributed by atoms with van der Waals surface area (Å²) in [5.74, 6) is 1.02. The van der Waals surface area contributed by atoms with E-state index in [2.05, 4.69) is 36.0 Å². The molecule has 94 valence electrons. The lowest BCUT2D eigenvalue weighted by molar-refractivity contribution is 0.558. The van der Waals surface area contributed by atoms with Gasteiger partial charge in [-0.25, -0.2) is 0 Å². The highest BCUT2D eigenvalue weighted by molar-refractivity contribution is 5.52. The maximum atomic E-state index is 4.19. The summed E-state index contributed by atoms with van der Waals surface area (Å²) in [5.41, 5.74) is 2.45. The number of fused-ring (bicyclic) bond motifs is 1. The monoisotopic (exact) mass is 244 g/mol. The first-order chi connectivity index (χ1) is 8.88. The lowest BCUT2D eigenvalue weighted by atomic mass is 10.2. The van der Waals surface area contributed by atoms with Crippen molar-refractivity contribution in [3.8, 4) is 0 Å². The Balaban J connectivity index is 1.88. The fraction of sp³-hybridized carbons (Fsp3) is 0.417. The number of pyridine rings is 1. The fourth-order valence-electron chi connectivity index (χ4n) is 2.33. The minimum Gasteiger partial charge on any atom is -0.362 e. The van der Waals surface area contributed by atoms with Gasteiger partial charge in [0.2, 0.25) is 0 Å². The molecule has 0 radical (unpaired) electrons. The first-order valence-corrected chi connectivity index (χ1v) is 6.07. The van der Waals surface area contributed by atoms with Crippen LogP contribution in [0.5, 0.6) is 0 Å². The Kier molecular flexibility index (Phi) is 2.93. The van der Waals surface area contributed by atoms with Crippen molar-refractivity contribution in [2.75, 3.05) is 18.5 Å². The zero-order chi connectivity index (χ0) is 12.4. The van der Waals surface area contributed by atoms with Crippen molar-refractivity contribution < 1.29 is 0 Å². The third-order valence-electron chi connectivity index (χ3n) is 3.22.